The highest BCUT2D eigenvalue weighted by Gasteiger charge is 2.18. The summed E-state index contributed by atoms with van der Waals surface area (Å²) in [6.07, 6.45) is 1.58. The van der Waals surface area contributed by atoms with Gasteiger partial charge in [-0.1, -0.05) is 32.0 Å². The molecule has 0 fully saturated rings. The summed E-state index contributed by atoms with van der Waals surface area (Å²) in [5, 5.41) is 13.9. The van der Waals surface area contributed by atoms with Crippen LogP contribution in [0, 0.1) is 6.92 Å². The lowest BCUT2D eigenvalue weighted by Gasteiger charge is -2.20. The van der Waals surface area contributed by atoms with Gasteiger partial charge in [0, 0.05) is 28.8 Å². The molecule has 3 N–H and O–H groups in total. The van der Waals surface area contributed by atoms with E-state index in [4.69, 9.17) is 4.42 Å². The van der Waals surface area contributed by atoms with E-state index >= 15 is 0 Å². The second-order valence-electron chi connectivity index (χ2n) is 7.64. The van der Waals surface area contributed by atoms with Crippen LogP contribution in [-0.4, -0.2) is 24.1 Å². The van der Waals surface area contributed by atoms with Gasteiger partial charge in [-0.05, 0) is 43.0 Å². The molecule has 0 bridgehead atoms. The van der Waals surface area contributed by atoms with Gasteiger partial charge in [-0.3, -0.25) is 4.79 Å². The molecule has 1 atom stereocenters. The molecule has 6 nitrogen and oxygen atoms in total. The molecule has 0 spiro atoms. The molecular formula is C24H29N2O4+. The van der Waals surface area contributed by atoms with E-state index in [1.807, 2.05) is 44.2 Å². The van der Waals surface area contributed by atoms with Gasteiger partial charge in [-0.25, -0.2) is 4.79 Å². The molecule has 0 aliphatic heterocycles. The van der Waals surface area contributed by atoms with Gasteiger partial charge in [-0.15, -0.1) is 0 Å². The van der Waals surface area contributed by atoms with Crippen molar-refractivity contribution in [1.82, 2.24) is 0 Å². The fourth-order valence-corrected chi connectivity index (χ4v) is 3.73. The van der Waals surface area contributed by atoms with E-state index in [0.29, 0.717) is 25.1 Å². The van der Waals surface area contributed by atoms with Crippen LogP contribution in [0.5, 0.6) is 5.75 Å². The Kier molecular flexibility index (Phi) is 6.90. The third-order valence-electron chi connectivity index (χ3n) is 5.28. The Labute approximate surface area is 176 Å². The van der Waals surface area contributed by atoms with Crippen molar-refractivity contribution in [2.45, 2.75) is 40.2 Å². The average molecular weight is 410 g/mol. The normalized spacial score (nSPS) is 12.1. The van der Waals surface area contributed by atoms with Gasteiger partial charge < -0.3 is 19.7 Å². The molecule has 1 unspecified atom stereocenters. The zero-order valence-electron chi connectivity index (χ0n) is 17.7. The van der Waals surface area contributed by atoms with Gasteiger partial charge in [0.25, 0.3) is 5.91 Å². The fourth-order valence-electron chi connectivity index (χ4n) is 3.73. The Bertz CT molecular complexity index is 1100. The number of benzene rings is 2. The van der Waals surface area contributed by atoms with Gasteiger partial charge in [-0.2, -0.15) is 0 Å². The van der Waals surface area contributed by atoms with Crippen LogP contribution in [0.4, 0.5) is 5.69 Å². The first-order valence-corrected chi connectivity index (χ1v) is 10.4. The number of aromatic hydroxyl groups is 1. The van der Waals surface area contributed by atoms with Crippen molar-refractivity contribution in [1.29, 1.82) is 0 Å². The number of aryl methyl sites for hydroxylation is 2. The number of quaternary nitrogens is 1. The first kappa shape index (κ1) is 21.6. The Morgan fingerprint density at radius 3 is 2.60 bits per heavy atom. The van der Waals surface area contributed by atoms with E-state index in [1.54, 1.807) is 0 Å². The Morgan fingerprint density at radius 2 is 1.90 bits per heavy atom. The highest BCUT2D eigenvalue weighted by atomic mass is 16.4. The largest absolute Gasteiger partial charge is 0.508 e. The molecule has 1 aromatic heterocycles. The number of carbonyl (C=O) groups excluding carboxylic acids is 1. The number of carbonyl (C=O) groups is 1. The molecule has 0 radical (unpaired) electrons. The summed E-state index contributed by atoms with van der Waals surface area (Å²) in [6, 6.07) is 12.6. The summed E-state index contributed by atoms with van der Waals surface area (Å²) in [7, 11) is 0. The van der Waals surface area contributed by atoms with Crippen LogP contribution in [0.1, 0.15) is 37.0 Å². The van der Waals surface area contributed by atoms with Crippen LogP contribution in [0.15, 0.2) is 51.7 Å². The molecule has 1 amide bonds. The van der Waals surface area contributed by atoms with Crippen molar-refractivity contribution in [3.63, 3.8) is 0 Å². The Hall–Kier alpha value is -3.12. The second-order valence-corrected chi connectivity index (χ2v) is 7.64. The van der Waals surface area contributed by atoms with Crippen LogP contribution in [-0.2, 0) is 17.8 Å². The van der Waals surface area contributed by atoms with E-state index < -0.39 is 5.63 Å². The number of anilines is 1. The summed E-state index contributed by atoms with van der Waals surface area (Å²) < 4.78 is 5.29. The van der Waals surface area contributed by atoms with E-state index in [-0.39, 0.29) is 11.7 Å². The molecule has 0 saturated carbocycles. The summed E-state index contributed by atoms with van der Waals surface area (Å²) in [4.78, 5) is 25.8. The minimum absolute atomic E-state index is 0.0630. The van der Waals surface area contributed by atoms with Crippen LogP contribution < -0.4 is 15.8 Å². The predicted molar refractivity (Wildman–Crippen MR) is 118 cm³/mol. The Morgan fingerprint density at radius 1 is 1.13 bits per heavy atom. The summed E-state index contributed by atoms with van der Waals surface area (Å²) in [5.74, 6) is 0.0626. The number of hydrogen-bond acceptors (Lipinski definition) is 4. The quantitative estimate of drug-likeness (QED) is 0.500. The molecule has 2 aromatic carbocycles. The fraction of sp³-hybridized carbons (Fsp3) is 0.333. The number of amides is 1. The topological polar surface area (TPSA) is 84.0 Å². The number of hydrogen-bond donors (Lipinski definition) is 3. The minimum Gasteiger partial charge on any atom is -0.508 e. The summed E-state index contributed by atoms with van der Waals surface area (Å²) in [5.41, 5.74) is 3.36. The van der Waals surface area contributed by atoms with E-state index in [2.05, 4.69) is 12.2 Å². The molecule has 3 aromatic rings. The highest BCUT2D eigenvalue weighted by molar-refractivity contribution is 5.92. The van der Waals surface area contributed by atoms with Gasteiger partial charge in [0.05, 0.1) is 6.54 Å². The molecule has 30 heavy (non-hydrogen) atoms. The molecule has 0 saturated heterocycles. The SMILES string of the molecule is CCC[NH+](CC(=O)Nc1ccccc1C)Cc1cc(=O)oc2cc(O)c(CC)cc12. The lowest BCUT2D eigenvalue weighted by Crippen LogP contribution is -3.11. The first-order valence-electron chi connectivity index (χ1n) is 10.4. The van der Waals surface area contributed by atoms with Crippen LogP contribution in [0.3, 0.4) is 0 Å². The van der Waals surface area contributed by atoms with Gasteiger partial charge in [0.2, 0.25) is 0 Å². The second kappa shape index (κ2) is 9.59. The number of rotatable bonds is 8. The first-order chi connectivity index (χ1) is 14.4. The van der Waals surface area contributed by atoms with E-state index in [9.17, 15) is 14.7 Å². The highest BCUT2D eigenvalue weighted by Crippen LogP contribution is 2.26. The van der Waals surface area contributed by atoms with Gasteiger partial charge >= 0.3 is 5.63 Å². The monoisotopic (exact) mass is 409 g/mol. The molecule has 1 heterocycles. The third kappa shape index (κ3) is 5.07. The molecule has 6 heteroatoms. The molecule has 3 rings (SSSR count). The smallest absolute Gasteiger partial charge is 0.336 e. The van der Waals surface area contributed by atoms with Crippen molar-refractivity contribution in [3.05, 3.63) is 69.6 Å². The number of nitrogens with one attached hydrogen (secondary N) is 2. The number of phenols is 1. The maximum atomic E-state index is 12.7. The molecule has 0 aliphatic carbocycles. The van der Waals surface area contributed by atoms with Crippen molar-refractivity contribution >= 4 is 22.6 Å². The van der Waals surface area contributed by atoms with E-state index in [1.165, 1.54) is 12.1 Å². The van der Waals surface area contributed by atoms with Gasteiger partial charge in [0.1, 0.15) is 17.9 Å². The third-order valence-corrected chi connectivity index (χ3v) is 5.28. The van der Waals surface area contributed by atoms with Crippen molar-refractivity contribution < 1.29 is 19.2 Å². The molecular weight excluding hydrogens is 380 g/mol. The zero-order chi connectivity index (χ0) is 21.7. The number of phenolic OH excluding ortho intramolecular Hbond substituents is 1. The summed E-state index contributed by atoms with van der Waals surface area (Å²) >= 11 is 0. The zero-order valence-corrected chi connectivity index (χ0v) is 17.7. The average Bonchev–Trinajstić information content (AvgIpc) is 2.69. The summed E-state index contributed by atoms with van der Waals surface area (Å²) in [6.45, 7) is 7.60. The standard InChI is InChI=1S/C24H28N2O4/c1-4-10-26(15-23(28)25-20-9-7-6-8-16(20)3)14-18-12-24(29)30-22-13-21(27)17(5-2)11-19(18)22/h6-9,11-13,27H,4-5,10,14-15H2,1-3H3,(H,25,28)/p+1. The van der Waals surface area contributed by atoms with Crippen LogP contribution in [0.2, 0.25) is 0 Å². The molecule has 0 aliphatic rings. The number of para-hydroxylation sites is 1. The van der Waals surface area contributed by atoms with E-state index in [0.717, 1.165) is 45.6 Å². The van der Waals surface area contributed by atoms with Crippen molar-refractivity contribution in [3.8, 4) is 5.75 Å². The van der Waals surface area contributed by atoms with Crippen molar-refractivity contribution in [2.24, 2.45) is 0 Å². The van der Waals surface area contributed by atoms with Crippen molar-refractivity contribution in [2.75, 3.05) is 18.4 Å². The molecule has 158 valence electrons. The van der Waals surface area contributed by atoms with Gasteiger partial charge in [0.15, 0.2) is 6.54 Å². The van der Waals surface area contributed by atoms with Crippen LogP contribution in [0.25, 0.3) is 11.0 Å². The lowest BCUT2D eigenvalue weighted by molar-refractivity contribution is -0.905. The maximum absolute atomic E-state index is 12.7. The Balaban J connectivity index is 1.85. The predicted octanol–water partition coefficient (Wildman–Crippen LogP) is 2.80. The minimum atomic E-state index is -0.457. The maximum Gasteiger partial charge on any atom is 0.336 e. The lowest BCUT2D eigenvalue weighted by atomic mass is 10.0. The van der Waals surface area contributed by atoms with Crippen LogP contribution >= 0.6 is 0 Å². The number of fused-ring (bicyclic) bond motifs is 1.